The van der Waals surface area contributed by atoms with Crippen molar-refractivity contribution in [2.24, 2.45) is 0 Å². The van der Waals surface area contributed by atoms with Gasteiger partial charge in [0.1, 0.15) is 0 Å². The first-order chi connectivity index (χ1) is 10.5. The Morgan fingerprint density at radius 3 is 2.68 bits per heavy atom. The molecule has 2 aromatic rings. The number of nitrogens with zero attached hydrogens (tertiary/aromatic N) is 2. The molecule has 0 aliphatic heterocycles. The van der Waals surface area contributed by atoms with E-state index in [0.29, 0.717) is 17.5 Å². The van der Waals surface area contributed by atoms with Gasteiger partial charge in [-0.15, -0.1) is 11.3 Å². The maximum Gasteiger partial charge on any atom is 0.216 e. The molecule has 116 valence electrons. The number of thiophene rings is 1. The average Bonchev–Trinajstić information content (AvgIpc) is 2.95. The highest BCUT2D eigenvalue weighted by Crippen LogP contribution is 2.21. The SMILES string of the molecule is CC(=O)NCCc1ccc(C(=O)CSc2ncc(C)cn2)s1. The molecular weight excluding hydrogens is 318 g/mol. The van der Waals surface area contributed by atoms with Gasteiger partial charge in [0, 0.05) is 30.7 Å². The predicted octanol–water partition coefficient (Wildman–Crippen LogP) is 2.50. The minimum atomic E-state index is -0.0395. The van der Waals surface area contributed by atoms with E-state index < -0.39 is 0 Å². The largest absolute Gasteiger partial charge is 0.356 e. The minimum Gasteiger partial charge on any atom is -0.356 e. The van der Waals surface area contributed by atoms with E-state index in [-0.39, 0.29) is 11.7 Å². The molecule has 0 unspecified atom stereocenters. The number of hydrogen-bond acceptors (Lipinski definition) is 6. The van der Waals surface area contributed by atoms with Crippen LogP contribution >= 0.6 is 23.1 Å². The summed E-state index contributed by atoms with van der Waals surface area (Å²) in [6, 6.07) is 3.78. The molecule has 7 heteroatoms. The van der Waals surface area contributed by atoms with E-state index in [4.69, 9.17) is 0 Å². The highest BCUT2D eigenvalue weighted by Gasteiger charge is 2.11. The van der Waals surface area contributed by atoms with Crippen LogP contribution in [-0.2, 0) is 11.2 Å². The van der Waals surface area contributed by atoms with Gasteiger partial charge in [0.05, 0.1) is 10.6 Å². The molecule has 0 saturated heterocycles. The maximum atomic E-state index is 12.1. The quantitative estimate of drug-likeness (QED) is 0.478. The number of aryl methyl sites for hydroxylation is 1. The van der Waals surface area contributed by atoms with E-state index in [1.54, 1.807) is 12.4 Å². The Bertz CT molecular complexity index is 653. The second-order valence-corrected chi connectivity index (χ2v) is 6.86. The Labute approximate surface area is 137 Å². The molecule has 0 aromatic carbocycles. The maximum absolute atomic E-state index is 12.1. The minimum absolute atomic E-state index is 0.0395. The molecule has 0 aliphatic carbocycles. The van der Waals surface area contributed by atoms with Crippen LogP contribution in [0.3, 0.4) is 0 Å². The molecule has 0 saturated carbocycles. The summed E-state index contributed by atoms with van der Waals surface area (Å²) >= 11 is 2.82. The number of carbonyl (C=O) groups excluding carboxylic acids is 2. The normalized spacial score (nSPS) is 10.5. The Hall–Kier alpha value is -1.73. The van der Waals surface area contributed by atoms with E-state index in [9.17, 15) is 9.59 Å². The Balaban J connectivity index is 1.83. The van der Waals surface area contributed by atoms with E-state index in [1.807, 2.05) is 19.1 Å². The molecule has 0 spiro atoms. The average molecular weight is 335 g/mol. The zero-order valence-electron chi connectivity index (χ0n) is 12.5. The van der Waals surface area contributed by atoms with Gasteiger partial charge in [-0.05, 0) is 31.0 Å². The summed E-state index contributed by atoms with van der Waals surface area (Å²) in [5.74, 6) is 0.363. The number of aromatic nitrogens is 2. The fourth-order valence-corrected chi connectivity index (χ4v) is 3.39. The topological polar surface area (TPSA) is 72.0 Å². The Kier molecular flexibility index (Phi) is 6.09. The molecule has 2 aromatic heterocycles. The van der Waals surface area contributed by atoms with Gasteiger partial charge >= 0.3 is 0 Å². The molecular formula is C15H17N3O2S2. The molecule has 0 radical (unpaired) electrons. The lowest BCUT2D eigenvalue weighted by Crippen LogP contribution is -2.22. The lowest BCUT2D eigenvalue weighted by atomic mass is 10.3. The molecule has 1 amide bonds. The molecule has 0 bridgehead atoms. The van der Waals surface area contributed by atoms with Crippen LogP contribution in [0.15, 0.2) is 29.7 Å². The zero-order chi connectivity index (χ0) is 15.9. The van der Waals surface area contributed by atoms with Gasteiger partial charge in [0.2, 0.25) is 5.91 Å². The van der Waals surface area contributed by atoms with Crippen LogP contribution in [0.25, 0.3) is 0 Å². The van der Waals surface area contributed by atoms with E-state index in [1.165, 1.54) is 30.0 Å². The zero-order valence-corrected chi connectivity index (χ0v) is 14.1. The van der Waals surface area contributed by atoms with E-state index in [0.717, 1.165) is 21.7 Å². The second kappa shape index (κ2) is 8.05. The summed E-state index contributed by atoms with van der Waals surface area (Å²) < 4.78 is 0. The molecule has 0 aliphatic rings. The van der Waals surface area contributed by atoms with Crippen molar-refractivity contribution in [3.05, 3.63) is 39.8 Å². The Morgan fingerprint density at radius 2 is 2.00 bits per heavy atom. The summed E-state index contributed by atoms with van der Waals surface area (Å²) in [4.78, 5) is 33.1. The van der Waals surface area contributed by atoms with Crippen LogP contribution in [0.1, 0.15) is 27.0 Å². The molecule has 22 heavy (non-hydrogen) atoms. The van der Waals surface area contributed by atoms with Crippen molar-refractivity contribution in [1.29, 1.82) is 0 Å². The van der Waals surface area contributed by atoms with Gasteiger partial charge in [0.25, 0.3) is 0 Å². The first-order valence-corrected chi connectivity index (χ1v) is 8.62. The first kappa shape index (κ1) is 16.6. The van der Waals surface area contributed by atoms with Gasteiger partial charge in [-0.25, -0.2) is 9.97 Å². The standard InChI is InChI=1S/C15H17N3O2S2/c1-10-7-17-15(18-8-10)21-9-13(20)14-4-3-12(22-14)5-6-16-11(2)19/h3-4,7-8H,5-6,9H2,1-2H3,(H,16,19). The molecule has 2 rings (SSSR count). The summed E-state index contributed by atoms with van der Waals surface area (Å²) in [7, 11) is 0. The highest BCUT2D eigenvalue weighted by molar-refractivity contribution is 7.99. The lowest BCUT2D eigenvalue weighted by Gasteiger charge is -2.00. The fraction of sp³-hybridized carbons (Fsp3) is 0.333. The van der Waals surface area contributed by atoms with Gasteiger partial charge < -0.3 is 5.32 Å². The van der Waals surface area contributed by atoms with Crippen molar-refractivity contribution < 1.29 is 9.59 Å². The fourth-order valence-electron chi connectivity index (χ4n) is 1.68. The van der Waals surface area contributed by atoms with Gasteiger partial charge in [-0.3, -0.25) is 9.59 Å². The number of rotatable bonds is 7. The second-order valence-electron chi connectivity index (χ2n) is 4.75. The van der Waals surface area contributed by atoms with Crippen LogP contribution < -0.4 is 5.32 Å². The number of ketones is 1. The van der Waals surface area contributed by atoms with E-state index >= 15 is 0 Å². The summed E-state index contributed by atoms with van der Waals surface area (Å²) in [5.41, 5.74) is 0.998. The number of nitrogens with one attached hydrogen (secondary N) is 1. The molecule has 0 fully saturated rings. The summed E-state index contributed by atoms with van der Waals surface area (Å²) in [5, 5.41) is 3.36. The third-order valence-electron chi connectivity index (χ3n) is 2.77. The van der Waals surface area contributed by atoms with E-state index in [2.05, 4.69) is 15.3 Å². The monoisotopic (exact) mass is 335 g/mol. The van der Waals surface area contributed by atoms with Crippen molar-refractivity contribution in [3.8, 4) is 0 Å². The van der Waals surface area contributed by atoms with Crippen molar-refractivity contribution in [2.45, 2.75) is 25.4 Å². The van der Waals surface area contributed by atoms with Crippen molar-refractivity contribution in [2.75, 3.05) is 12.3 Å². The number of carbonyl (C=O) groups is 2. The van der Waals surface area contributed by atoms with Crippen LogP contribution in [-0.4, -0.2) is 34.0 Å². The van der Waals surface area contributed by atoms with Crippen molar-refractivity contribution >= 4 is 34.8 Å². The molecule has 1 N–H and O–H groups in total. The smallest absolute Gasteiger partial charge is 0.216 e. The van der Waals surface area contributed by atoms with Crippen molar-refractivity contribution in [3.63, 3.8) is 0 Å². The van der Waals surface area contributed by atoms with Crippen LogP contribution in [0.4, 0.5) is 0 Å². The molecule has 5 nitrogen and oxygen atoms in total. The molecule has 2 heterocycles. The van der Waals surface area contributed by atoms with Crippen LogP contribution in [0.5, 0.6) is 0 Å². The third kappa shape index (κ3) is 5.23. The number of Topliss-reactive ketones (excluding diaryl/α,β-unsaturated/α-hetero) is 1. The van der Waals surface area contributed by atoms with Gasteiger partial charge in [0.15, 0.2) is 10.9 Å². The molecule has 0 atom stereocenters. The Morgan fingerprint density at radius 1 is 1.27 bits per heavy atom. The van der Waals surface area contributed by atoms with Gasteiger partial charge in [-0.1, -0.05) is 11.8 Å². The van der Waals surface area contributed by atoms with Gasteiger partial charge in [-0.2, -0.15) is 0 Å². The third-order valence-corrected chi connectivity index (χ3v) is 4.83. The van der Waals surface area contributed by atoms with Crippen LogP contribution in [0.2, 0.25) is 0 Å². The highest BCUT2D eigenvalue weighted by atomic mass is 32.2. The lowest BCUT2D eigenvalue weighted by molar-refractivity contribution is -0.118. The number of amides is 1. The summed E-state index contributed by atoms with van der Waals surface area (Å²) in [6.45, 7) is 4.01. The van der Waals surface area contributed by atoms with Crippen LogP contribution in [0, 0.1) is 6.92 Å². The number of hydrogen-bond donors (Lipinski definition) is 1. The predicted molar refractivity (Wildman–Crippen MR) is 88.5 cm³/mol. The first-order valence-electron chi connectivity index (χ1n) is 6.82. The van der Waals surface area contributed by atoms with Crippen molar-refractivity contribution in [1.82, 2.24) is 15.3 Å². The number of thioether (sulfide) groups is 1. The summed E-state index contributed by atoms with van der Waals surface area (Å²) in [6.07, 6.45) is 4.22.